The molecule has 1 aromatic carbocycles. The Morgan fingerprint density at radius 2 is 2.05 bits per heavy atom. The summed E-state index contributed by atoms with van der Waals surface area (Å²) in [6.07, 6.45) is 0.939. The van der Waals surface area contributed by atoms with Crippen LogP contribution >= 0.6 is 11.3 Å². The summed E-state index contributed by atoms with van der Waals surface area (Å²) in [5, 5.41) is 4.72. The number of aryl methyl sites for hydroxylation is 1. The van der Waals surface area contributed by atoms with Gasteiger partial charge in [0.1, 0.15) is 5.75 Å². The van der Waals surface area contributed by atoms with Crippen molar-refractivity contribution in [1.29, 1.82) is 0 Å². The van der Waals surface area contributed by atoms with Crippen LogP contribution in [0.25, 0.3) is 22.8 Å². The van der Waals surface area contributed by atoms with Crippen LogP contribution < -0.4 is 10.5 Å². The van der Waals surface area contributed by atoms with Crippen molar-refractivity contribution in [3.8, 4) is 28.6 Å². The molecule has 0 atom stereocenters. The number of nitrogen functional groups attached to an aromatic ring is 1. The molecule has 0 spiro atoms. The third kappa shape index (κ3) is 2.62. The minimum absolute atomic E-state index is 0.453. The zero-order valence-electron chi connectivity index (χ0n) is 11.8. The van der Waals surface area contributed by atoms with Crippen LogP contribution in [0.1, 0.15) is 11.8 Å². The van der Waals surface area contributed by atoms with Crippen molar-refractivity contribution in [2.45, 2.75) is 13.3 Å². The number of methoxy groups -OCH3 is 1. The Morgan fingerprint density at radius 1 is 1.29 bits per heavy atom. The summed E-state index contributed by atoms with van der Waals surface area (Å²) in [5.41, 5.74) is 7.69. The number of rotatable bonds is 4. The molecule has 0 fully saturated rings. The number of hydrogen-bond acceptors (Lipinski definition) is 6. The lowest BCUT2D eigenvalue weighted by Crippen LogP contribution is -1.85. The van der Waals surface area contributed by atoms with Crippen molar-refractivity contribution < 1.29 is 9.26 Å². The minimum Gasteiger partial charge on any atom is -0.497 e. The van der Waals surface area contributed by atoms with E-state index in [2.05, 4.69) is 17.1 Å². The molecule has 2 N–H and O–H groups in total. The van der Waals surface area contributed by atoms with E-state index in [-0.39, 0.29) is 0 Å². The van der Waals surface area contributed by atoms with E-state index in [1.54, 1.807) is 18.4 Å². The van der Waals surface area contributed by atoms with Gasteiger partial charge in [-0.3, -0.25) is 0 Å². The lowest BCUT2D eigenvalue weighted by Gasteiger charge is -1.98. The Labute approximate surface area is 126 Å². The number of aromatic nitrogens is 2. The van der Waals surface area contributed by atoms with Gasteiger partial charge in [0.15, 0.2) is 0 Å². The highest BCUT2D eigenvalue weighted by Crippen LogP contribution is 2.34. The molecule has 0 saturated heterocycles. The second-order valence-electron chi connectivity index (χ2n) is 4.50. The van der Waals surface area contributed by atoms with Crippen molar-refractivity contribution in [3.05, 3.63) is 35.2 Å². The molecule has 0 aliphatic rings. The smallest absolute Gasteiger partial charge is 0.261 e. The average Bonchev–Trinajstić information content (AvgIpc) is 3.13. The number of hydrogen-bond donors (Lipinski definition) is 1. The van der Waals surface area contributed by atoms with Gasteiger partial charge in [0.05, 0.1) is 17.7 Å². The largest absolute Gasteiger partial charge is 0.497 e. The van der Waals surface area contributed by atoms with E-state index >= 15 is 0 Å². The summed E-state index contributed by atoms with van der Waals surface area (Å²) < 4.78 is 10.5. The van der Waals surface area contributed by atoms with Gasteiger partial charge in [-0.1, -0.05) is 12.1 Å². The van der Waals surface area contributed by atoms with Crippen LogP contribution in [0.4, 0.5) is 5.00 Å². The van der Waals surface area contributed by atoms with Crippen molar-refractivity contribution in [2.75, 3.05) is 12.8 Å². The second-order valence-corrected chi connectivity index (χ2v) is 5.66. The quantitative estimate of drug-likeness (QED) is 0.796. The number of benzene rings is 1. The lowest BCUT2D eigenvalue weighted by molar-refractivity contribution is 0.415. The van der Waals surface area contributed by atoms with Gasteiger partial charge in [-0.15, -0.1) is 11.3 Å². The number of ether oxygens (including phenoxy) is 1. The molecule has 0 aliphatic carbocycles. The fraction of sp³-hybridized carbons (Fsp3) is 0.200. The Morgan fingerprint density at radius 3 is 2.67 bits per heavy atom. The van der Waals surface area contributed by atoms with Crippen molar-refractivity contribution in [2.24, 2.45) is 0 Å². The number of nitrogens with two attached hydrogens (primary N) is 1. The number of nitrogens with zero attached hydrogens (tertiary/aromatic N) is 2. The van der Waals surface area contributed by atoms with Gasteiger partial charge in [-0.05, 0) is 36.8 Å². The summed E-state index contributed by atoms with van der Waals surface area (Å²) >= 11 is 1.55. The van der Waals surface area contributed by atoms with Crippen LogP contribution in [-0.2, 0) is 6.42 Å². The molecule has 2 aromatic heterocycles. The zero-order chi connectivity index (χ0) is 14.8. The van der Waals surface area contributed by atoms with Crippen LogP contribution in [0.2, 0.25) is 0 Å². The molecule has 0 saturated carbocycles. The van der Waals surface area contributed by atoms with Gasteiger partial charge in [0.25, 0.3) is 5.89 Å². The van der Waals surface area contributed by atoms with Crippen LogP contribution in [-0.4, -0.2) is 17.3 Å². The summed E-state index contributed by atoms with van der Waals surface area (Å²) in [4.78, 5) is 5.62. The van der Waals surface area contributed by atoms with Gasteiger partial charge in [-0.2, -0.15) is 4.98 Å². The molecule has 3 rings (SSSR count). The fourth-order valence-electron chi connectivity index (χ4n) is 1.99. The predicted molar refractivity (Wildman–Crippen MR) is 83.4 cm³/mol. The predicted octanol–water partition coefficient (Wildman–Crippen LogP) is 3.62. The molecule has 2 heterocycles. The first-order valence-corrected chi connectivity index (χ1v) is 7.39. The molecule has 0 amide bonds. The molecule has 5 nitrogen and oxygen atoms in total. The first-order chi connectivity index (χ1) is 10.2. The molecule has 0 unspecified atom stereocenters. The molecular weight excluding hydrogens is 286 g/mol. The average molecular weight is 301 g/mol. The van der Waals surface area contributed by atoms with E-state index in [9.17, 15) is 0 Å². The zero-order valence-corrected chi connectivity index (χ0v) is 12.6. The van der Waals surface area contributed by atoms with Crippen molar-refractivity contribution >= 4 is 16.3 Å². The lowest BCUT2D eigenvalue weighted by atomic mass is 10.2. The van der Waals surface area contributed by atoms with Gasteiger partial charge < -0.3 is 15.0 Å². The Kier molecular flexibility index (Phi) is 3.62. The van der Waals surface area contributed by atoms with Gasteiger partial charge >= 0.3 is 0 Å². The molecule has 0 bridgehead atoms. The highest BCUT2D eigenvalue weighted by molar-refractivity contribution is 7.16. The standard InChI is InChI=1S/C15H15N3O2S/c1-3-11-8-12(13(16)21-11)15-17-14(18-20-15)9-4-6-10(19-2)7-5-9/h4-8H,3,16H2,1-2H3. The maximum Gasteiger partial charge on any atom is 0.261 e. The highest BCUT2D eigenvalue weighted by atomic mass is 32.1. The first-order valence-electron chi connectivity index (χ1n) is 6.58. The molecule has 6 heteroatoms. The van der Waals surface area contributed by atoms with Crippen molar-refractivity contribution in [3.63, 3.8) is 0 Å². The fourth-order valence-corrected chi connectivity index (χ4v) is 2.85. The number of anilines is 1. The first kappa shape index (κ1) is 13.6. The molecule has 21 heavy (non-hydrogen) atoms. The molecule has 0 radical (unpaired) electrons. The molecule has 108 valence electrons. The summed E-state index contributed by atoms with van der Waals surface area (Å²) in [6.45, 7) is 2.09. The minimum atomic E-state index is 0.453. The van der Waals surface area contributed by atoms with Crippen LogP contribution in [0.15, 0.2) is 34.9 Å². The topological polar surface area (TPSA) is 74.2 Å². The Balaban J connectivity index is 1.93. The van der Waals surface area contributed by atoms with E-state index in [1.165, 1.54) is 4.88 Å². The van der Waals surface area contributed by atoms with E-state index in [0.717, 1.165) is 23.3 Å². The normalized spacial score (nSPS) is 10.8. The van der Waals surface area contributed by atoms with Crippen LogP contribution in [0.3, 0.4) is 0 Å². The van der Waals surface area contributed by atoms with Crippen LogP contribution in [0, 0.1) is 0 Å². The number of thiophene rings is 1. The van der Waals surface area contributed by atoms with E-state index in [1.807, 2.05) is 30.3 Å². The third-order valence-corrected chi connectivity index (χ3v) is 4.27. The maximum atomic E-state index is 6.01. The van der Waals surface area contributed by atoms with E-state index < -0.39 is 0 Å². The third-order valence-electron chi connectivity index (χ3n) is 3.16. The monoisotopic (exact) mass is 301 g/mol. The SMILES string of the molecule is CCc1cc(-c2nc(-c3ccc(OC)cc3)no2)c(N)s1. The van der Waals surface area contributed by atoms with Gasteiger partial charge in [0, 0.05) is 10.4 Å². The van der Waals surface area contributed by atoms with Gasteiger partial charge in [0.2, 0.25) is 5.82 Å². The summed E-state index contributed by atoms with van der Waals surface area (Å²) in [7, 11) is 1.63. The van der Waals surface area contributed by atoms with E-state index in [4.69, 9.17) is 15.0 Å². The Bertz CT molecular complexity index is 747. The molecular formula is C15H15N3O2S. The Hall–Kier alpha value is -2.34. The summed E-state index contributed by atoms with van der Waals surface area (Å²) in [5.74, 6) is 1.78. The second kappa shape index (κ2) is 5.57. The van der Waals surface area contributed by atoms with Gasteiger partial charge in [-0.25, -0.2) is 0 Å². The molecule has 0 aliphatic heterocycles. The maximum absolute atomic E-state index is 6.01. The van der Waals surface area contributed by atoms with Crippen LogP contribution in [0.5, 0.6) is 5.75 Å². The molecule has 3 aromatic rings. The van der Waals surface area contributed by atoms with E-state index in [0.29, 0.717) is 16.7 Å². The summed E-state index contributed by atoms with van der Waals surface area (Å²) in [6, 6.07) is 9.51. The highest BCUT2D eigenvalue weighted by Gasteiger charge is 2.15. The van der Waals surface area contributed by atoms with Crippen molar-refractivity contribution in [1.82, 2.24) is 10.1 Å².